The quantitative estimate of drug-likeness (QED) is 0.629. The van der Waals surface area contributed by atoms with Crippen molar-refractivity contribution in [2.75, 3.05) is 14.2 Å². The van der Waals surface area contributed by atoms with Gasteiger partial charge in [-0.15, -0.1) is 0 Å². The van der Waals surface area contributed by atoms with Crippen LogP contribution >= 0.6 is 0 Å². The van der Waals surface area contributed by atoms with E-state index in [9.17, 15) is 4.79 Å². The number of fused-ring (bicyclic) bond motifs is 1. The van der Waals surface area contributed by atoms with Crippen LogP contribution in [0, 0.1) is 0 Å². The third-order valence-corrected chi connectivity index (χ3v) is 3.87. The highest BCUT2D eigenvalue weighted by molar-refractivity contribution is 6.04. The first-order chi connectivity index (χ1) is 12.1. The van der Waals surface area contributed by atoms with Crippen molar-refractivity contribution in [1.29, 1.82) is 0 Å². The Kier molecular flexibility index (Phi) is 4.88. The molecule has 3 rings (SSSR count). The smallest absolute Gasteiger partial charge is 0.365 e. The molecule has 0 saturated heterocycles. The molecular weight excluding hydrogens is 322 g/mol. The first-order valence-corrected chi connectivity index (χ1v) is 7.88. The summed E-state index contributed by atoms with van der Waals surface area (Å²) in [6.07, 6.45) is 0.480. The standard InChI is InChI=1S/C19H19NO5/c1-12-10-17(16-9-8-15(23-3)11-18(16)24-12)20-25-19(21)13-4-6-14(22-2)7-5-13/h4-9,11-12H,10H2,1-3H3/b20-17-. The summed E-state index contributed by atoms with van der Waals surface area (Å²) >= 11 is 0. The van der Waals surface area contributed by atoms with E-state index in [1.807, 2.05) is 19.1 Å². The van der Waals surface area contributed by atoms with Crippen LogP contribution in [0.5, 0.6) is 17.2 Å². The maximum Gasteiger partial charge on any atom is 0.365 e. The zero-order chi connectivity index (χ0) is 17.8. The van der Waals surface area contributed by atoms with E-state index in [4.69, 9.17) is 19.0 Å². The fourth-order valence-corrected chi connectivity index (χ4v) is 2.57. The van der Waals surface area contributed by atoms with Gasteiger partial charge in [0.1, 0.15) is 23.4 Å². The molecule has 2 aromatic carbocycles. The topological polar surface area (TPSA) is 66.4 Å². The van der Waals surface area contributed by atoms with Crippen LogP contribution in [0.2, 0.25) is 0 Å². The molecule has 0 amide bonds. The summed E-state index contributed by atoms with van der Waals surface area (Å²) in [7, 11) is 3.16. The van der Waals surface area contributed by atoms with Gasteiger partial charge < -0.3 is 19.0 Å². The largest absolute Gasteiger partial charge is 0.497 e. The first kappa shape index (κ1) is 16.8. The van der Waals surface area contributed by atoms with E-state index in [2.05, 4.69) is 5.16 Å². The van der Waals surface area contributed by atoms with E-state index in [0.29, 0.717) is 34.9 Å². The number of methoxy groups -OCH3 is 2. The SMILES string of the molecule is COc1ccc(C(=O)O/N=C2/CC(C)Oc3cc(OC)ccc32)cc1. The Morgan fingerprint density at radius 3 is 2.44 bits per heavy atom. The molecule has 2 aromatic rings. The number of ether oxygens (including phenoxy) is 3. The molecule has 0 spiro atoms. The number of hydrogen-bond acceptors (Lipinski definition) is 6. The molecule has 1 atom stereocenters. The maximum absolute atomic E-state index is 12.2. The predicted molar refractivity (Wildman–Crippen MR) is 92.6 cm³/mol. The van der Waals surface area contributed by atoms with E-state index in [1.165, 1.54) is 0 Å². The summed E-state index contributed by atoms with van der Waals surface area (Å²) in [4.78, 5) is 17.3. The second-order valence-corrected chi connectivity index (χ2v) is 5.64. The molecule has 0 bridgehead atoms. The van der Waals surface area contributed by atoms with Gasteiger partial charge in [-0.3, -0.25) is 0 Å². The van der Waals surface area contributed by atoms with Crippen molar-refractivity contribution in [3.05, 3.63) is 53.6 Å². The molecule has 0 saturated carbocycles. The molecule has 1 unspecified atom stereocenters. The van der Waals surface area contributed by atoms with Crippen molar-refractivity contribution < 1.29 is 23.8 Å². The van der Waals surface area contributed by atoms with Gasteiger partial charge in [-0.25, -0.2) is 4.79 Å². The molecule has 0 radical (unpaired) electrons. The predicted octanol–water partition coefficient (Wildman–Crippen LogP) is 3.44. The molecule has 0 aromatic heterocycles. The van der Waals surface area contributed by atoms with E-state index < -0.39 is 5.97 Å². The Hall–Kier alpha value is -3.02. The van der Waals surface area contributed by atoms with Crippen molar-refractivity contribution in [2.24, 2.45) is 5.16 Å². The second kappa shape index (κ2) is 7.25. The molecule has 0 N–H and O–H groups in total. The number of rotatable bonds is 4. The minimum atomic E-state index is -0.524. The van der Waals surface area contributed by atoms with Crippen LogP contribution in [-0.4, -0.2) is 32.0 Å². The second-order valence-electron chi connectivity index (χ2n) is 5.64. The van der Waals surface area contributed by atoms with Gasteiger partial charge in [0.05, 0.1) is 25.5 Å². The monoisotopic (exact) mass is 341 g/mol. The van der Waals surface area contributed by atoms with Crippen molar-refractivity contribution in [1.82, 2.24) is 0 Å². The van der Waals surface area contributed by atoms with Gasteiger partial charge >= 0.3 is 5.97 Å². The highest BCUT2D eigenvalue weighted by Crippen LogP contribution is 2.31. The van der Waals surface area contributed by atoms with Gasteiger partial charge in [0, 0.05) is 18.1 Å². The molecule has 0 aliphatic carbocycles. The summed E-state index contributed by atoms with van der Waals surface area (Å²) in [5.74, 6) is 1.51. The summed E-state index contributed by atoms with van der Waals surface area (Å²) in [6.45, 7) is 1.93. The van der Waals surface area contributed by atoms with E-state index in [-0.39, 0.29) is 6.10 Å². The highest BCUT2D eigenvalue weighted by Gasteiger charge is 2.23. The van der Waals surface area contributed by atoms with E-state index in [0.717, 1.165) is 5.56 Å². The van der Waals surface area contributed by atoms with Crippen molar-refractivity contribution in [3.8, 4) is 17.2 Å². The highest BCUT2D eigenvalue weighted by atomic mass is 16.7. The lowest BCUT2D eigenvalue weighted by Gasteiger charge is -2.24. The number of hydrogen-bond donors (Lipinski definition) is 0. The average Bonchev–Trinajstić information content (AvgIpc) is 2.65. The van der Waals surface area contributed by atoms with Crippen LogP contribution in [0.15, 0.2) is 47.6 Å². The van der Waals surface area contributed by atoms with Crippen LogP contribution in [0.3, 0.4) is 0 Å². The van der Waals surface area contributed by atoms with Gasteiger partial charge in [0.25, 0.3) is 0 Å². The Labute approximate surface area is 146 Å². The van der Waals surface area contributed by atoms with Crippen molar-refractivity contribution in [3.63, 3.8) is 0 Å². The lowest BCUT2D eigenvalue weighted by Crippen LogP contribution is -2.25. The summed E-state index contributed by atoms with van der Waals surface area (Å²) < 4.78 is 16.1. The van der Waals surface area contributed by atoms with E-state index in [1.54, 1.807) is 44.6 Å². The molecule has 1 aliphatic rings. The number of carbonyl (C=O) groups is 1. The molecule has 6 nitrogen and oxygen atoms in total. The number of benzene rings is 2. The van der Waals surface area contributed by atoms with Crippen LogP contribution < -0.4 is 14.2 Å². The number of carbonyl (C=O) groups excluding carboxylic acids is 1. The van der Waals surface area contributed by atoms with Crippen LogP contribution in [-0.2, 0) is 4.84 Å². The molecule has 0 fully saturated rings. The van der Waals surface area contributed by atoms with Gasteiger partial charge in [-0.2, -0.15) is 0 Å². The van der Waals surface area contributed by atoms with Gasteiger partial charge in [0.2, 0.25) is 0 Å². The zero-order valence-corrected chi connectivity index (χ0v) is 14.3. The van der Waals surface area contributed by atoms with Gasteiger partial charge in [-0.05, 0) is 43.3 Å². The zero-order valence-electron chi connectivity index (χ0n) is 14.3. The normalized spacial score (nSPS) is 17.4. The molecule has 130 valence electrons. The number of nitrogens with zero attached hydrogens (tertiary/aromatic N) is 1. The van der Waals surface area contributed by atoms with E-state index >= 15 is 0 Å². The van der Waals surface area contributed by atoms with Crippen LogP contribution in [0.4, 0.5) is 0 Å². The Morgan fingerprint density at radius 2 is 1.76 bits per heavy atom. The van der Waals surface area contributed by atoms with Crippen molar-refractivity contribution in [2.45, 2.75) is 19.4 Å². The average molecular weight is 341 g/mol. The Bertz CT molecular complexity index is 798. The Balaban J connectivity index is 1.80. The summed E-state index contributed by atoms with van der Waals surface area (Å²) in [5.41, 5.74) is 1.86. The minimum Gasteiger partial charge on any atom is -0.497 e. The fourth-order valence-electron chi connectivity index (χ4n) is 2.57. The summed E-state index contributed by atoms with van der Waals surface area (Å²) in [6, 6.07) is 12.1. The molecule has 1 heterocycles. The van der Waals surface area contributed by atoms with Crippen LogP contribution in [0.1, 0.15) is 29.3 Å². The van der Waals surface area contributed by atoms with Gasteiger partial charge in [-0.1, -0.05) is 5.16 Å². The number of oxime groups is 1. The molecule has 6 heteroatoms. The first-order valence-electron chi connectivity index (χ1n) is 7.88. The summed E-state index contributed by atoms with van der Waals surface area (Å²) in [5, 5.41) is 4.06. The van der Waals surface area contributed by atoms with Gasteiger partial charge in [0.15, 0.2) is 0 Å². The maximum atomic E-state index is 12.2. The lowest BCUT2D eigenvalue weighted by molar-refractivity contribution is 0.0513. The third-order valence-electron chi connectivity index (χ3n) is 3.87. The molecular formula is C19H19NO5. The Morgan fingerprint density at radius 1 is 1.08 bits per heavy atom. The molecule has 25 heavy (non-hydrogen) atoms. The minimum absolute atomic E-state index is 0.0713. The van der Waals surface area contributed by atoms with Crippen molar-refractivity contribution >= 4 is 11.7 Å². The fraction of sp³-hybridized carbons (Fsp3) is 0.263. The van der Waals surface area contributed by atoms with Crippen LogP contribution in [0.25, 0.3) is 0 Å². The third kappa shape index (κ3) is 3.74. The molecule has 1 aliphatic heterocycles. The lowest BCUT2D eigenvalue weighted by atomic mass is 10.0.